The molecule has 0 unspecified atom stereocenters. The number of hydrogen-bond donors (Lipinski definition) is 3. The number of nitrogens with one attached hydrogen (secondary N) is 2. The van der Waals surface area contributed by atoms with E-state index in [-0.39, 0.29) is 5.91 Å². The number of pyridine rings is 1. The van der Waals surface area contributed by atoms with Crippen LogP contribution in [0, 0.1) is 0 Å². The monoisotopic (exact) mass is 540 g/mol. The number of fused-ring (bicyclic) bond motifs is 1. The van der Waals surface area contributed by atoms with Crippen LogP contribution in [-0.4, -0.2) is 69.4 Å². The lowest BCUT2D eigenvalue weighted by Crippen LogP contribution is -2.50. The first kappa shape index (κ1) is 23.0. The number of rotatable bonds is 5. The first-order chi connectivity index (χ1) is 16.6. The van der Waals surface area contributed by atoms with Gasteiger partial charge in [-0.1, -0.05) is 36.0 Å². The number of piperazine rings is 1. The van der Waals surface area contributed by atoms with Crippen molar-refractivity contribution in [3.8, 4) is 11.4 Å². The van der Waals surface area contributed by atoms with Crippen molar-refractivity contribution in [2.24, 2.45) is 10.7 Å². The number of nitrogens with two attached hydrogens (primary N) is 1. The molecule has 4 N–H and O–H groups in total. The van der Waals surface area contributed by atoms with E-state index in [0.717, 1.165) is 64.6 Å². The van der Waals surface area contributed by atoms with Crippen molar-refractivity contribution < 1.29 is 4.79 Å². The van der Waals surface area contributed by atoms with Crippen molar-refractivity contribution in [2.75, 3.05) is 43.4 Å². The predicted molar refractivity (Wildman–Crippen MR) is 141 cm³/mol. The standard InChI is InChI=1S/C23H25BrN8OS/c24-17-13-27-22-19(29-21(30-22)16-4-1-3-15(11-16)12-25)20(17)32-8-6-31(7-9-32)14-18(33)28-23-26-5-2-10-34-23/h1-5,11,13H,6-10,12,14,25H2,(H,26,28,33)(H,27,29,30). The van der Waals surface area contributed by atoms with Crippen LogP contribution in [0.5, 0.6) is 0 Å². The van der Waals surface area contributed by atoms with E-state index >= 15 is 0 Å². The van der Waals surface area contributed by atoms with Crippen LogP contribution in [0.4, 0.5) is 5.69 Å². The first-order valence-electron chi connectivity index (χ1n) is 11.1. The molecule has 34 heavy (non-hydrogen) atoms. The molecule has 0 atom stereocenters. The van der Waals surface area contributed by atoms with Crippen molar-refractivity contribution in [3.05, 3.63) is 52.8 Å². The number of aromatic amines is 1. The topological polar surface area (TPSA) is 116 Å². The fraction of sp³-hybridized carbons (Fsp3) is 0.304. The molecular weight excluding hydrogens is 516 g/mol. The number of imidazole rings is 1. The number of H-pyrrole nitrogens is 1. The van der Waals surface area contributed by atoms with E-state index in [4.69, 9.17) is 10.7 Å². The summed E-state index contributed by atoms with van der Waals surface area (Å²) in [5.41, 5.74) is 10.5. The number of amides is 1. The number of aliphatic imine (C=N–C) groups is 1. The summed E-state index contributed by atoms with van der Waals surface area (Å²) in [7, 11) is 0. The van der Waals surface area contributed by atoms with Gasteiger partial charge in [0.25, 0.3) is 0 Å². The number of hydrogen-bond acceptors (Lipinski definition) is 8. The van der Waals surface area contributed by atoms with Gasteiger partial charge in [-0.15, -0.1) is 0 Å². The normalized spacial score (nSPS) is 16.6. The fourth-order valence-electron chi connectivity index (χ4n) is 4.10. The molecule has 4 heterocycles. The molecule has 0 bridgehead atoms. The highest BCUT2D eigenvalue weighted by Gasteiger charge is 2.24. The molecule has 0 saturated carbocycles. The van der Waals surface area contributed by atoms with Gasteiger partial charge < -0.3 is 20.9 Å². The third-order valence-electron chi connectivity index (χ3n) is 5.80. The zero-order valence-corrected chi connectivity index (χ0v) is 20.9. The van der Waals surface area contributed by atoms with Crippen LogP contribution in [0.25, 0.3) is 22.6 Å². The lowest BCUT2D eigenvalue weighted by molar-refractivity contribution is -0.120. The summed E-state index contributed by atoms with van der Waals surface area (Å²) in [6.07, 6.45) is 5.50. The Morgan fingerprint density at radius 3 is 2.88 bits per heavy atom. The van der Waals surface area contributed by atoms with Crippen molar-refractivity contribution >= 4 is 55.6 Å². The molecule has 0 radical (unpaired) electrons. The minimum absolute atomic E-state index is 0.0274. The van der Waals surface area contributed by atoms with Gasteiger partial charge in [-0.25, -0.2) is 15.0 Å². The fourth-order valence-corrected chi connectivity index (χ4v) is 5.31. The van der Waals surface area contributed by atoms with Gasteiger partial charge in [0.15, 0.2) is 10.8 Å². The van der Waals surface area contributed by atoms with E-state index in [9.17, 15) is 4.79 Å². The molecule has 5 rings (SSSR count). The summed E-state index contributed by atoms with van der Waals surface area (Å²) >= 11 is 5.22. The van der Waals surface area contributed by atoms with Crippen molar-refractivity contribution in [2.45, 2.75) is 6.54 Å². The Morgan fingerprint density at radius 2 is 2.12 bits per heavy atom. The maximum absolute atomic E-state index is 12.4. The highest BCUT2D eigenvalue weighted by atomic mass is 79.9. The maximum Gasteiger partial charge on any atom is 0.240 e. The van der Waals surface area contributed by atoms with Gasteiger partial charge in [0.1, 0.15) is 11.3 Å². The summed E-state index contributed by atoms with van der Waals surface area (Å²) in [6.45, 7) is 3.98. The summed E-state index contributed by atoms with van der Waals surface area (Å²) in [6, 6.07) is 8.05. The highest BCUT2D eigenvalue weighted by Crippen LogP contribution is 2.34. The molecule has 1 aromatic carbocycles. The van der Waals surface area contributed by atoms with Gasteiger partial charge in [0, 0.05) is 56.4 Å². The predicted octanol–water partition coefficient (Wildman–Crippen LogP) is 2.70. The average molecular weight is 541 g/mol. The van der Waals surface area contributed by atoms with Crippen LogP contribution in [0.3, 0.4) is 0 Å². The summed E-state index contributed by atoms with van der Waals surface area (Å²) in [5.74, 6) is 1.58. The molecule has 176 valence electrons. The van der Waals surface area contributed by atoms with Crippen LogP contribution >= 0.6 is 27.7 Å². The van der Waals surface area contributed by atoms with E-state index in [2.05, 4.69) is 46.0 Å². The van der Waals surface area contributed by atoms with E-state index in [0.29, 0.717) is 23.9 Å². The van der Waals surface area contributed by atoms with Gasteiger partial charge in [0.2, 0.25) is 5.91 Å². The number of amidine groups is 1. The molecule has 0 aliphatic carbocycles. The molecule has 2 aliphatic rings. The van der Waals surface area contributed by atoms with Crippen LogP contribution in [-0.2, 0) is 11.3 Å². The van der Waals surface area contributed by atoms with E-state index < -0.39 is 0 Å². The van der Waals surface area contributed by atoms with Gasteiger partial charge in [-0.3, -0.25) is 9.69 Å². The minimum atomic E-state index is -0.0274. The lowest BCUT2D eigenvalue weighted by Gasteiger charge is -2.36. The molecule has 1 saturated heterocycles. The molecule has 2 aromatic heterocycles. The number of carbonyl (C=O) groups is 1. The minimum Gasteiger partial charge on any atom is -0.366 e. The van der Waals surface area contributed by atoms with Crippen molar-refractivity contribution in [1.82, 2.24) is 25.2 Å². The molecule has 0 spiro atoms. The smallest absolute Gasteiger partial charge is 0.240 e. The maximum atomic E-state index is 12.4. The molecule has 1 fully saturated rings. The molecule has 11 heteroatoms. The number of halogens is 1. The summed E-state index contributed by atoms with van der Waals surface area (Å²) < 4.78 is 0.914. The Balaban J connectivity index is 1.29. The Bertz CT molecular complexity index is 1270. The third-order valence-corrected chi connectivity index (χ3v) is 7.22. The number of aromatic nitrogens is 3. The zero-order chi connectivity index (χ0) is 23.5. The number of benzene rings is 1. The van der Waals surface area contributed by atoms with Gasteiger partial charge >= 0.3 is 0 Å². The van der Waals surface area contributed by atoms with Crippen molar-refractivity contribution in [3.63, 3.8) is 0 Å². The molecule has 9 nitrogen and oxygen atoms in total. The van der Waals surface area contributed by atoms with E-state index in [1.165, 1.54) is 11.8 Å². The molecular formula is C23H25BrN8OS. The SMILES string of the molecule is NCc1cccc(-c2nc3ncc(Br)c(N4CCN(CC(=O)NC5=NC=CCS5)CC4)c3[nH]2)c1. The molecule has 2 aliphatic heterocycles. The Kier molecular flexibility index (Phi) is 6.95. The van der Waals surface area contributed by atoms with Crippen LogP contribution in [0.15, 0.2) is 52.2 Å². The quantitative estimate of drug-likeness (QED) is 0.455. The average Bonchev–Trinajstić information content (AvgIpc) is 3.30. The lowest BCUT2D eigenvalue weighted by atomic mass is 10.1. The highest BCUT2D eigenvalue weighted by molar-refractivity contribution is 9.10. The second kappa shape index (κ2) is 10.3. The summed E-state index contributed by atoms with van der Waals surface area (Å²) in [5, 5.41) is 3.57. The van der Waals surface area contributed by atoms with Gasteiger partial charge in [-0.2, -0.15) is 0 Å². The number of anilines is 1. The van der Waals surface area contributed by atoms with Crippen LogP contribution in [0.2, 0.25) is 0 Å². The Labute approximate surface area is 210 Å². The second-order valence-corrected chi connectivity index (χ2v) is 9.95. The van der Waals surface area contributed by atoms with Gasteiger partial charge in [-0.05, 0) is 27.6 Å². The first-order valence-corrected chi connectivity index (χ1v) is 12.8. The van der Waals surface area contributed by atoms with Gasteiger partial charge in [0.05, 0.1) is 16.7 Å². The summed E-state index contributed by atoms with van der Waals surface area (Å²) in [4.78, 5) is 33.8. The second-order valence-electron chi connectivity index (χ2n) is 8.08. The van der Waals surface area contributed by atoms with E-state index in [1.807, 2.05) is 30.3 Å². The Hall–Kier alpha value is -2.73. The van der Waals surface area contributed by atoms with E-state index in [1.54, 1.807) is 12.4 Å². The number of carbonyl (C=O) groups excluding carboxylic acids is 1. The van der Waals surface area contributed by atoms with Crippen LogP contribution in [0.1, 0.15) is 5.56 Å². The zero-order valence-electron chi connectivity index (χ0n) is 18.5. The largest absolute Gasteiger partial charge is 0.366 e. The third kappa shape index (κ3) is 5.02. The molecule has 1 amide bonds. The van der Waals surface area contributed by atoms with Crippen molar-refractivity contribution in [1.29, 1.82) is 0 Å². The van der Waals surface area contributed by atoms with Crippen LogP contribution < -0.4 is 16.0 Å². The number of nitrogens with zero attached hydrogens (tertiary/aromatic N) is 5. The molecule has 3 aromatic rings. The Morgan fingerprint density at radius 1 is 1.26 bits per heavy atom. The number of thioether (sulfide) groups is 1.